The van der Waals surface area contributed by atoms with Gasteiger partial charge in [-0.2, -0.15) is 5.10 Å². The molecule has 19 heavy (non-hydrogen) atoms. The number of nitrogens with zero attached hydrogens (tertiary/aromatic N) is 3. The quantitative estimate of drug-likeness (QED) is 0.768. The molecule has 1 aromatic heterocycles. The molecule has 0 aromatic carbocycles. The van der Waals surface area contributed by atoms with Crippen molar-refractivity contribution in [1.82, 2.24) is 14.7 Å². The van der Waals surface area contributed by atoms with Gasteiger partial charge in [0.25, 0.3) is 5.56 Å². The second-order valence-corrected chi connectivity index (χ2v) is 5.13. The van der Waals surface area contributed by atoms with E-state index in [0.29, 0.717) is 18.8 Å². The largest absolute Gasteiger partial charge is 0.381 e. The Morgan fingerprint density at radius 2 is 2.26 bits per heavy atom. The molecule has 3 N–H and O–H groups in total. The lowest BCUT2D eigenvalue weighted by atomic mass is 10.2. The van der Waals surface area contributed by atoms with Crippen molar-refractivity contribution < 1.29 is 0 Å². The minimum atomic E-state index is -0.279. The van der Waals surface area contributed by atoms with E-state index < -0.39 is 0 Å². The normalized spacial score (nSPS) is 12.7. The fourth-order valence-corrected chi connectivity index (χ4v) is 1.64. The Morgan fingerprint density at radius 1 is 1.58 bits per heavy atom. The molecule has 0 bridgehead atoms. The lowest BCUT2D eigenvalue weighted by Crippen LogP contribution is -2.31. The maximum atomic E-state index is 12.0. The highest BCUT2D eigenvalue weighted by Crippen LogP contribution is 2.14. The van der Waals surface area contributed by atoms with Crippen molar-refractivity contribution in [2.24, 2.45) is 5.73 Å². The van der Waals surface area contributed by atoms with E-state index in [2.05, 4.69) is 10.4 Å². The number of halogens is 1. The average Bonchev–Trinajstić information content (AvgIpc) is 2.38. The zero-order valence-electron chi connectivity index (χ0n) is 11.7. The molecule has 0 spiro atoms. The first kappa shape index (κ1) is 15.9. The van der Waals surface area contributed by atoms with E-state index in [1.807, 2.05) is 25.9 Å². The van der Waals surface area contributed by atoms with Gasteiger partial charge in [-0.05, 0) is 20.5 Å². The van der Waals surface area contributed by atoms with Gasteiger partial charge in [0.1, 0.15) is 5.02 Å². The Labute approximate surface area is 118 Å². The van der Waals surface area contributed by atoms with Crippen LogP contribution in [0.25, 0.3) is 0 Å². The van der Waals surface area contributed by atoms with Crippen LogP contribution >= 0.6 is 11.6 Å². The van der Waals surface area contributed by atoms with Crippen molar-refractivity contribution in [3.05, 3.63) is 21.6 Å². The van der Waals surface area contributed by atoms with Crippen molar-refractivity contribution >= 4 is 17.3 Å². The van der Waals surface area contributed by atoms with Crippen molar-refractivity contribution in [2.45, 2.75) is 25.9 Å². The van der Waals surface area contributed by atoms with Gasteiger partial charge in [-0.1, -0.05) is 18.5 Å². The highest BCUT2D eigenvalue weighted by atomic mass is 35.5. The molecule has 0 saturated carbocycles. The van der Waals surface area contributed by atoms with Crippen molar-refractivity contribution in [3.63, 3.8) is 0 Å². The van der Waals surface area contributed by atoms with E-state index in [9.17, 15) is 4.79 Å². The smallest absolute Gasteiger partial charge is 0.287 e. The van der Waals surface area contributed by atoms with Gasteiger partial charge in [0.2, 0.25) is 0 Å². The molecule has 1 heterocycles. The number of aromatic nitrogens is 2. The van der Waals surface area contributed by atoms with Gasteiger partial charge in [0, 0.05) is 19.1 Å². The highest BCUT2D eigenvalue weighted by Gasteiger charge is 2.10. The molecule has 6 nitrogen and oxygen atoms in total. The molecule has 0 amide bonds. The van der Waals surface area contributed by atoms with Gasteiger partial charge in [0.15, 0.2) is 0 Å². The van der Waals surface area contributed by atoms with Crippen molar-refractivity contribution in [3.8, 4) is 0 Å². The van der Waals surface area contributed by atoms with Gasteiger partial charge >= 0.3 is 0 Å². The Balaban J connectivity index is 2.77. The molecular formula is C12H22ClN5O. The van der Waals surface area contributed by atoms with Crippen molar-refractivity contribution in [2.75, 3.05) is 32.5 Å². The molecule has 0 aliphatic rings. The second-order valence-electron chi connectivity index (χ2n) is 4.75. The number of hydrogen-bond acceptors (Lipinski definition) is 5. The SMILES string of the molecule is CCC(N)CNc1cnn(CCN(C)C)c(=O)c1Cl. The number of rotatable bonds is 7. The van der Waals surface area contributed by atoms with Gasteiger partial charge in [0.05, 0.1) is 18.4 Å². The summed E-state index contributed by atoms with van der Waals surface area (Å²) in [5, 5.41) is 7.32. The van der Waals surface area contributed by atoms with Crippen LogP contribution in [0.2, 0.25) is 5.02 Å². The Morgan fingerprint density at radius 3 is 2.84 bits per heavy atom. The van der Waals surface area contributed by atoms with Crippen molar-refractivity contribution in [1.29, 1.82) is 0 Å². The lowest BCUT2D eigenvalue weighted by Gasteiger charge is -2.14. The topological polar surface area (TPSA) is 76.2 Å². The fraction of sp³-hybridized carbons (Fsp3) is 0.667. The summed E-state index contributed by atoms with van der Waals surface area (Å²) in [6, 6.07) is 0.0345. The molecule has 1 aromatic rings. The minimum Gasteiger partial charge on any atom is -0.381 e. The predicted molar refractivity (Wildman–Crippen MR) is 78.8 cm³/mol. The van der Waals surface area contributed by atoms with E-state index in [1.165, 1.54) is 4.68 Å². The van der Waals surface area contributed by atoms with Gasteiger partial charge in [-0.3, -0.25) is 4.79 Å². The first-order chi connectivity index (χ1) is 8.95. The molecule has 1 unspecified atom stereocenters. The van der Waals surface area contributed by atoms with Gasteiger partial charge in [-0.15, -0.1) is 0 Å². The number of likely N-dealkylation sites (N-methyl/N-ethyl adjacent to an activating group) is 1. The molecule has 0 aliphatic heterocycles. The molecule has 0 fully saturated rings. The number of anilines is 1. The van der Waals surface area contributed by atoms with E-state index in [0.717, 1.165) is 13.0 Å². The molecule has 0 aliphatic carbocycles. The first-order valence-electron chi connectivity index (χ1n) is 6.35. The summed E-state index contributed by atoms with van der Waals surface area (Å²) >= 11 is 6.05. The summed E-state index contributed by atoms with van der Waals surface area (Å²) < 4.78 is 1.37. The Hall–Kier alpha value is -1.11. The molecule has 7 heteroatoms. The molecule has 0 radical (unpaired) electrons. The van der Waals surface area contributed by atoms with Crippen LogP contribution in [0.4, 0.5) is 5.69 Å². The lowest BCUT2D eigenvalue weighted by molar-refractivity contribution is 0.367. The zero-order valence-corrected chi connectivity index (χ0v) is 12.4. The van der Waals surface area contributed by atoms with Crippen LogP contribution in [0, 0.1) is 0 Å². The zero-order chi connectivity index (χ0) is 14.4. The van der Waals surface area contributed by atoms with Crippen LogP contribution in [-0.2, 0) is 6.54 Å². The summed E-state index contributed by atoms with van der Waals surface area (Å²) in [5.74, 6) is 0. The summed E-state index contributed by atoms with van der Waals surface area (Å²) in [4.78, 5) is 14.0. The minimum absolute atomic E-state index is 0.0345. The van der Waals surface area contributed by atoms with Crippen LogP contribution in [0.5, 0.6) is 0 Å². The summed E-state index contributed by atoms with van der Waals surface area (Å²) in [6.45, 7) is 3.82. The summed E-state index contributed by atoms with van der Waals surface area (Å²) in [7, 11) is 3.88. The van der Waals surface area contributed by atoms with E-state index in [1.54, 1.807) is 6.20 Å². The third-order valence-corrected chi connectivity index (χ3v) is 3.19. The van der Waals surface area contributed by atoms with Crippen LogP contribution in [0.15, 0.2) is 11.0 Å². The number of hydrogen-bond donors (Lipinski definition) is 2. The van der Waals surface area contributed by atoms with Crippen LogP contribution in [0.1, 0.15) is 13.3 Å². The monoisotopic (exact) mass is 287 g/mol. The van der Waals surface area contributed by atoms with Gasteiger partial charge in [-0.25, -0.2) is 4.68 Å². The molecule has 108 valence electrons. The molecular weight excluding hydrogens is 266 g/mol. The maximum absolute atomic E-state index is 12.0. The number of nitrogens with one attached hydrogen (secondary N) is 1. The Kier molecular flexibility index (Phi) is 6.27. The van der Waals surface area contributed by atoms with E-state index in [4.69, 9.17) is 17.3 Å². The third kappa shape index (κ3) is 4.81. The Bertz CT molecular complexity index is 460. The van der Waals surface area contributed by atoms with E-state index in [-0.39, 0.29) is 16.6 Å². The predicted octanol–water partition coefficient (Wildman–Crippen LogP) is 0.607. The maximum Gasteiger partial charge on any atom is 0.287 e. The van der Waals surface area contributed by atoms with Gasteiger partial charge < -0.3 is 16.0 Å². The molecule has 1 rings (SSSR count). The fourth-order valence-electron chi connectivity index (χ4n) is 1.43. The van der Waals surface area contributed by atoms with Crippen LogP contribution in [0.3, 0.4) is 0 Å². The summed E-state index contributed by atoms with van der Waals surface area (Å²) in [6.07, 6.45) is 2.43. The summed E-state index contributed by atoms with van der Waals surface area (Å²) in [5.41, 5.74) is 6.06. The van der Waals surface area contributed by atoms with E-state index >= 15 is 0 Å². The van der Waals surface area contributed by atoms with Crippen LogP contribution in [-0.4, -0.2) is 47.9 Å². The molecule has 0 saturated heterocycles. The highest BCUT2D eigenvalue weighted by molar-refractivity contribution is 6.32. The first-order valence-corrected chi connectivity index (χ1v) is 6.73. The third-order valence-electron chi connectivity index (χ3n) is 2.82. The van der Waals surface area contributed by atoms with Crippen LogP contribution < -0.4 is 16.6 Å². The number of nitrogens with two attached hydrogens (primary N) is 1. The average molecular weight is 288 g/mol. The molecule has 1 atom stereocenters. The second kappa shape index (κ2) is 7.47. The standard InChI is InChI=1S/C12H22ClN5O/c1-4-9(14)7-15-10-8-16-18(6-5-17(2)3)12(19)11(10)13/h8-9,15H,4-7,14H2,1-3H3.